The smallest absolute Gasteiger partial charge is 0.340 e. The maximum atomic E-state index is 12.5. The molecular formula is C22H28N2O3. The van der Waals surface area contributed by atoms with Crippen LogP contribution >= 0.6 is 0 Å². The van der Waals surface area contributed by atoms with E-state index in [9.17, 15) is 9.59 Å². The molecule has 5 heteroatoms. The first-order valence-electron chi connectivity index (χ1n) is 9.64. The molecule has 1 fully saturated rings. The van der Waals surface area contributed by atoms with E-state index in [0.29, 0.717) is 12.1 Å². The largest absolute Gasteiger partial charge is 0.452 e. The molecule has 0 saturated carbocycles. The van der Waals surface area contributed by atoms with Crippen LogP contribution in [0.25, 0.3) is 0 Å². The summed E-state index contributed by atoms with van der Waals surface area (Å²) in [6.07, 6.45) is 3.18. The molecule has 144 valence electrons. The molecule has 0 N–H and O–H groups in total. The van der Waals surface area contributed by atoms with E-state index in [1.807, 2.05) is 43.0 Å². The number of nitrogens with zero attached hydrogens (tertiary/aromatic N) is 2. The fourth-order valence-corrected chi connectivity index (χ4v) is 3.77. The Bertz CT molecular complexity index is 810. The zero-order chi connectivity index (χ0) is 19.4. The summed E-state index contributed by atoms with van der Waals surface area (Å²) in [5, 5.41) is 0. The van der Waals surface area contributed by atoms with Gasteiger partial charge in [0.05, 0.1) is 5.56 Å². The highest BCUT2D eigenvalue weighted by molar-refractivity contribution is 5.92. The summed E-state index contributed by atoms with van der Waals surface area (Å²) in [5.41, 5.74) is 3.57. The number of likely N-dealkylation sites (tertiary alicyclic amines) is 1. The van der Waals surface area contributed by atoms with Crippen molar-refractivity contribution >= 4 is 11.9 Å². The Hall–Kier alpha value is -2.56. The molecule has 27 heavy (non-hydrogen) atoms. The standard InChI is InChI=1S/C22H28N2O3/c1-16-9-7-8-12-23(16)21(25)15-27-22(26)20-13-17(2)24(18(20)3)14-19-10-5-4-6-11-19/h4-6,10-11,13,16H,7-9,12,14-15H2,1-3H3/t16-/m0/s1. The van der Waals surface area contributed by atoms with Crippen molar-refractivity contribution in [2.75, 3.05) is 13.2 Å². The quantitative estimate of drug-likeness (QED) is 0.756. The zero-order valence-corrected chi connectivity index (χ0v) is 16.4. The van der Waals surface area contributed by atoms with Crippen LogP contribution in [-0.2, 0) is 16.1 Å². The molecule has 1 saturated heterocycles. The van der Waals surface area contributed by atoms with Gasteiger partial charge in [-0.3, -0.25) is 4.79 Å². The maximum Gasteiger partial charge on any atom is 0.340 e. The highest BCUT2D eigenvalue weighted by atomic mass is 16.5. The van der Waals surface area contributed by atoms with Gasteiger partial charge in [0, 0.05) is 30.5 Å². The first kappa shape index (κ1) is 19.2. The van der Waals surface area contributed by atoms with Crippen molar-refractivity contribution in [2.24, 2.45) is 0 Å². The number of benzene rings is 1. The van der Waals surface area contributed by atoms with Crippen molar-refractivity contribution in [3.05, 3.63) is 58.9 Å². The molecule has 0 radical (unpaired) electrons. The van der Waals surface area contributed by atoms with E-state index in [2.05, 4.69) is 23.6 Å². The number of amides is 1. The second kappa shape index (κ2) is 8.42. The highest BCUT2D eigenvalue weighted by Crippen LogP contribution is 2.19. The van der Waals surface area contributed by atoms with E-state index < -0.39 is 5.97 Å². The monoisotopic (exact) mass is 368 g/mol. The summed E-state index contributed by atoms with van der Waals surface area (Å²) in [7, 11) is 0. The van der Waals surface area contributed by atoms with Crippen molar-refractivity contribution in [3.8, 4) is 0 Å². The van der Waals surface area contributed by atoms with Crippen molar-refractivity contribution in [1.29, 1.82) is 0 Å². The molecule has 3 rings (SSSR count). The van der Waals surface area contributed by atoms with Gasteiger partial charge in [0.25, 0.3) is 5.91 Å². The lowest BCUT2D eigenvalue weighted by atomic mass is 10.0. The molecule has 1 aromatic heterocycles. The summed E-state index contributed by atoms with van der Waals surface area (Å²) in [4.78, 5) is 26.8. The molecule has 1 aromatic carbocycles. The Morgan fingerprint density at radius 1 is 1.15 bits per heavy atom. The molecule has 1 amide bonds. The Morgan fingerprint density at radius 2 is 1.89 bits per heavy atom. The Labute approximate surface area is 160 Å². The summed E-state index contributed by atoms with van der Waals surface area (Å²) in [6.45, 7) is 7.22. The van der Waals surface area contributed by atoms with Gasteiger partial charge >= 0.3 is 5.97 Å². The SMILES string of the molecule is Cc1cc(C(=O)OCC(=O)N2CCCC[C@@H]2C)c(C)n1Cc1ccccc1. The average Bonchev–Trinajstić information content (AvgIpc) is 2.95. The lowest BCUT2D eigenvalue weighted by Gasteiger charge is -2.33. The molecular weight excluding hydrogens is 340 g/mol. The van der Waals surface area contributed by atoms with Crippen LogP contribution in [0.15, 0.2) is 36.4 Å². The number of ether oxygens (including phenoxy) is 1. The first-order chi connectivity index (χ1) is 13.0. The molecule has 2 aromatic rings. The molecule has 1 atom stereocenters. The zero-order valence-electron chi connectivity index (χ0n) is 16.4. The number of carbonyl (C=O) groups excluding carboxylic acids is 2. The van der Waals surface area contributed by atoms with E-state index >= 15 is 0 Å². The lowest BCUT2D eigenvalue weighted by molar-refractivity contribution is -0.137. The van der Waals surface area contributed by atoms with Crippen molar-refractivity contribution in [1.82, 2.24) is 9.47 Å². The maximum absolute atomic E-state index is 12.5. The third-order valence-corrected chi connectivity index (χ3v) is 5.43. The number of carbonyl (C=O) groups is 2. The van der Waals surface area contributed by atoms with Crippen LogP contribution in [0, 0.1) is 13.8 Å². The third-order valence-electron chi connectivity index (χ3n) is 5.43. The Morgan fingerprint density at radius 3 is 2.59 bits per heavy atom. The van der Waals surface area contributed by atoms with Crippen LogP contribution in [0.4, 0.5) is 0 Å². The molecule has 0 unspecified atom stereocenters. The van der Waals surface area contributed by atoms with E-state index in [-0.39, 0.29) is 18.6 Å². The number of hydrogen-bond acceptors (Lipinski definition) is 3. The normalized spacial score (nSPS) is 17.0. The van der Waals surface area contributed by atoms with Gasteiger partial charge in [-0.2, -0.15) is 0 Å². The number of rotatable bonds is 5. The predicted molar refractivity (Wildman–Crippen MR) is 105 cm³/mol. The van der Waals surface area contributed by atoms with Crippen LogP contribution in [0.3, 0.4) is 0 Å². The number of hydrogen-bond donors (Lipinski definition) is 0. The topological polar surface area (TPSA) is 51.5 Å². The van der Waals surface area contributed by atoms with Gasteiger partial charge in [0.15, 0.2) is 6.61 Å². The van der Waals surface area contributed by atoms with E-state index in [4.69, 9.17) is 4.74 Å². The molecule has 1 aliphatic heterocycles. The molecule has 0 spiro atoms. The van der Waals surface area contributed by atoms with E-state index in [1.165, 1.54) is 5.56 Å². The summed E-state index contributed by atoms with van der Waals surface area (Å²) < 4.78 is 7.45. The molecule has 0 bridgehead atoms. The minimum absolute atomic E-state index is 0.103. The van der Waals surface area contributed by atoms with Gasteiger partial charge < -0.3 is 14.2 Å². The lowest BCUT2D eigenvalue weighted by Crippen LogP contribution is -2.44. The Kier molecular flexibility index (Phi) is 5.99. The second-order valence-electron chi connectivity index (χ2n) is 7.36. The molecule has 1 aliphatic rings. The fraction of sp³-hybridized carbons (Fsp3) is 0.455. The van der Waals surface area contributed by atoms with Gasteiger partial charge in [-0.25, -0.2) is 4.79 Å². The highest BCUT2D eigenvalue weighted by Gasteiger charge is 2.25. The minimum Gasteiger partial charge on any atom is -0.452 e. The van der Waals surface area contributed by atoms with Gasteiger partial charge in [0.1, 0.15) is 0 Å². The van der Waals surface area contributed by atoms with Crippen molar-refractivity contribution in [2.45, 2.75) is 52.6 Å². The van der Waals surface area contributed by atoms with Crippen LogP contribution in [-0.4, -0.2) is 40.5 Å². The molecule has 5 nitrogen and oxygen atoms in total. The molecule has 2 heterocycles. The van der Waals surface area contributed by atoms with Crippen LogP contribution in [0.5, 0.6) is 0 Å². The number of esters is 1. The van der Waals surface area contributed by atoms with Crippen molar-refractivity contribution < 1.29 is 14.3 Å². The minimum atomic E-state index is -0.430. The van der Waals surface area contributed by atoms with Crippen LogP contribution in [0.1, 0.15) is 53.5 Å². The van der Waals surface area contributed by atoms with Crippen LogP contribution in [0.2, 0.25) is 0 Å². The fourth-order valence-electron chi connectivity index (χ4n) is 3.77. The van der Waals surface area contributed by atoms with Crippen molar-refractivity contribution in [3.63, 3.8) is 0 Å². The van der Waals surface area contributed by atoms with Gasteiger partial charge in [-0.1, -0.05) is 30.3 Å². The average molecular weight is 368 g/mol. The first-order valence-corrected chi connectivity index (χ1v) is 9.64. The summed E-state index contributed by atoms with van der Waals surface area (Å²) in [5.74, 6) is -0.533. The van der Waals surface area contributed by atoms with E-state index in [0.717, 1.165) is 37.2 Å². The third kappa shape index (κ3) is 4.41. The van der Waals surface area contributed by atoms with Crippen LogP contribution < -0.4 is 0 Å². The van der Waals surface area contributed by atoms with Gasteiger partial charge in [-0.15, -0.1) is 0 Å². The second-order valence-corrected chi connectivity index (χ2v) is 7.36. The number of aromatic nitrogens is 1. The van der Waals surface area contributed by atoms with Gasteiger partial charge in [-0.05, 0) is 51.7 Å². The van der Waals surface area contributed by atoms with Gasteiger partial charge in [0.2, 0.25) is 0 Å². The molecule has 0 aliphatic carbocycles. The predicted octanol–water partition coefficient (Wildman–Crippen LogP) is 3.71. The summed E-state index contributed by atoms with van der Waals surface area (Å²) in [6, 6.07) is 12.2. The summed E-state index contributed by atoms with van der Waals surface area (Å²) >= 11 is 0. The number of aryl methyl sites for hydroxylation is 1. The Balaban J connectivity index is 1.65. The van der Waals surface area contributed by atoms with E-state index in [1.54, 1.807) is 0 Å². The number of piperidine rings is 1.